The molecule has 9 heteroatoms. The van der Waals surface area contributed by atoms with Gasteiger partial charge in [-0.25, -0.2) is 4.57 Å². The molecule has 8 nitrogen and oxygen atoms in total. The predicted molar refractivity (Wildman–Crippen MR) is 243 cm³/mol. The van der Waals surface area contributed by atoms with Gasteiger partial charge in [-0.1, -0.05) is 213 Å². The van der Waals surface area contributed by atoms with Crippen LogP contribution in [0.3, 0.4) is 0 Å². The van der Waals surface area contributed by atoms with E-state index in [1.54, 1.807) is 6.26 Å². The summed E-state index contributed by atoms with van der Waals surface area (Å²) in [6, 6.07) is 0. The maximum Gasteiger partial charge on any atom is 0.472 e. The van der Waals surface area contributed by atoms with Gasteiger partial charge < -0.3 is 18.9 Å². The van der Waals surface area contributed by atoms with Crippen molar-refractivity contribution in [3.05, 3.63) is 12.3 Å². The van der Waals surface area contributed by atoms with Crippen LogP contribution in [0.15, 0.2) is 12.3 Å². The fraction of sp³-hybridized carbons (Fsp3) is 0.938. The van der Waals surface area contributed by atoms with Gasteiger partial charge in [0.05, 0.1) is 34.0 Å². The summed E-state index contributed by atoms with van der Waals surface area (Å²) in [6.07, 6.45) is 47.8. The Kier molecular flexibility index (Phi) is 41.1. The van der Waals surface area contributed by atoms with Gasteiger partial charge in [0.15, 0.2) is 6.10 Å². The van der Waals surface area contributed by atoms with Crippen LogP contribution >= 0.6 is 7.82 Å². The second-order valence-electron chi connectivity index (χ2n) is 17.9. The van der Waals surface area contributed by atoms with E-state index in [1.165, 1.54) is 186 Å². The molecule has 2 unspecified atom stereocenters. The SMILES string of the molecule is CCCCCCCCCCCCCC/C=C\OCC(COP(=O)(O)OCC[N+](C)(C)C)OC(=O)CCCCCCCCCCCCCCCCCCCCCCC. The fourth-order valence-corrected chi connectivity index (χ4v) is 7.85. The summed E-state index contributed by atoms with van der Waals surface area (Å²) in [4.78, 5) is 22.9. The first-order valence-electron chi connectivity index (χ1n) is 24.5. The molecule has 0 aliphatic rings. The molecule has 0 saturated heterocycles. The van der Waals surface area contributed by atoms with Crippen LogP contribution in [0.4, 0.5) is 0 Å². The minimum Gasteiger partial charge on any atom is -0.498 e. The molecule has 0 aliphatic carbocycles. The Morgan fingerprint density at radius 3 is 1.30 bits per heavy atom. The standard InChI is InChI=1S/C48H96NO7P/c1-6-8-10-12-14-16-18-20-22-23-24-25-26-27-28-29-31-33-35-37-39-41-48(50)56-47(46-55-57(51,52)54-44-42-49(3,4)5)45-53-43-40-38-36-34-32-30-21-19-17-15-13-11-9-7-2/h40,43,47H,6-39,41-42,44-46H2,1-5H3/p+1/b43-40-. The highest BCUT2D eigenvalue weighted by Gasteiger charge is 2.26. The highest BCUT2D eigenvalue weighted by molar-refractivity contribution is 7.47. The number of esters is 1. The number of unbranched alkanes of at least 4 members (excludes halogenated alkanes) is 32. The number of phosphoric acid groups is 1. The Balaban J connectivity index is 4.14. The number of quaternary nitrogens is 1. The summed E-state index contributed by atoms with van der Waals surface area (Å²) >= 11 is 0. The van der Waals surface area contributed by atoms with Gasteiger partial charge in [0.25, 0.3) is 0 Å². The number of rotatable bonds is 46. The molecule has 2 atom stereocenters. The Morgan fingerprint density at radius 2 is 0.912 bits per heavy atom. The van der Waals surface area contributed by atoms with Crippen LogP contribution in [-0.2, 0) is 27.9 Å². The Labute approximate surface area is 354 Å². The van der Waals surface area contributed by atoms with Gasteiger partial charge in [-0.05, 0) is 25.3 Å². The molecule has 0 heterocycles. The van der Waals surface area contributed by atoms with Crippen molar-refractivity contribution in [1.29, 1.82) is 0 Å². The molecule has 0 amide bonds. The lowest BCUT2D eigenvalue weighted by atomic mass is 10.0. The average molecular weight is 831 g/mol. The first-order chi connectivity index (χ1) is 27.6. The smallest absolute Gasteiger partial charge is 0.472 e. The normalized spacial score (nSPS) is 13.6. The van der Waals surface area contributed by atoms with Crippen molar-refractivity contribution >= 4 is 13.8 Å². The molecule has 0 rings (SSSR count). The minimum atomic E-state index is -4.29. The van der Waals surface area contributed by atoms with E-state index in [2.05, 4.69) is 13.8 Å². The zero-order valence-corrected chi connectivity index (χ0v) is 39.5. The highest BCUT2D eigenvalue weighted by Crippen LogP contribution is 2.43. The molecule has 0 spiro atoms. The fourth-order valence-electron chi connectivity index (χ4n) is 7.11. The molecule has 0 aromatic carbocycles. The van der Waals surface area contributed by atoms with E-state index in [1.807, 2.05) is 27.2 Å². The number of carbonyl (C=O) groups is 1. The van der Waals surface area contributed by atoms with E-state index >= 15 is 0 Å². The van der Waals surface area contributed by atoms with Crippen molar-refractivity contribution < 1.29 is 37.3 Å². The van der Waals surface area contributed by atoms with Crippen molar-refractivity contribution in [3.8, 4) is 0 Å². The largest absolute Gasteiger partial charge is 0.498 e. The topological polar surface area (TPSA) is 91.3 Å². The molecular formula is C48H97NO7P+. The van der Waals surface area contributed by atoms with Crippen molar-refractivity contribution in [2.45, 2.75) is 245 Å². The van der Waals surface area contributed by atoms with Crippen LogP contribution in [0, 0.1) is 0 Å². The summed E-state index contributed by atoms with van der Waals surface area (Å²) in [5.74, 6) is -0.329. The van der Waals surface area contributed by atoms with Gasteiger partial charge in [0, 0.05) is 6.42 Å². The van der Waals surface area contributed by atoms with Crippen molar-refractivity contribution in [1.82, 2.24) is 0 Å². The average Bonchev–Trinajstić information content (AvgIpc) is 3.16. The summed E-state index contributed by atoms with van der Waals surface area (Å²) in [5.41, 5.74) is 0. The van der Waals surface area contributed by atoms with E-state index in [0.717, 1.165) is 32.1 Å². The number of nitrogens with zero attached hydrogens (tertiary/aromatic N) is 1. The van der Waals surface area contributed by atoms with Crippen LogP contribution in [0.1, 0.15) is 239 Å². The molecule has 1 N–H and O–H groups in total. The summed E-state index contributed by atoms with van der Waals surface area (Å²) in [7, 11) is 1.65. The third kappa shape index (κ3) is 46.0. The number of hydrogen-bond donors (Lipinski definition) is 1. The zero-order chi connectivity index (χ0) is 42.0. The van der Waals surface area contributed by atoms with E-state index in [9.17, 15) is 14.3 Å². The van der Waals surface area contributed by atoms with Gasteiger partial charge in [-0.2, -0.15) is 0 Å². The highest BCUT2D eigenvalue weighted by atomic mass is 31.2. The van der Waals surface area contributed by atoms with Crippen molar-refractivity contribution in [2.24, 2.45) is 0 Å². The first kappa shape index (κ1) is 56.1. The van der Waals surface area contributed by atoms with E-state index in [-0.39, 0.29) is 25.8 Å². The number of carbonyl (C=O) groups excluding carboxylic acids is 1. The lowest BCUT2D eigenvalue weighted by Gasteiger charge is -2.24. The minimum absolute atomic E-state index is 0.0544. The second kappa shape index (κ2) is 41.8. The van der Waals surface area contributed by atoms with Crippen molar-refractivity contribution in [2.75, 3.05) is 47.5 Å². The Morgan fingerprint density at radius 1 is 0.544 bits per heavy atom. The van der Waals surface area contributed by atoms with E-state index in [0.29, 0.717) is 17.4 Å². The van der Waals surface area contributed by atoms with Gasteiger partial charge >= 0.3 is 13.8 Å². The third-order valence-electron chi connectivity index (χ3n) is 10.9. The number of phosphoric ester groups is 1. The monoisotopic (exact) mass is 831 g/mol. The van der Waals surface area contributed by atoms with E-state index < -0.39 is 13.9 Å². The Hall–Kier alpha value is -0.920. The summed E-state index contributed by atoms with van der Waals surface area (Å²) in [5, 5.41) is 0. The molecule has 340 valence electrons. The summed E-state index contributed by atoms with van der Waals surface area (Å²) < 4.78 is 34.8. The van der Waals surface area contributed by atoms with Crippen LogP contribution in [-0.4, -0.2) is 69.0 Å². The molecule has 57 heavy (non-hydrogen) atoms. The van der Waals surface area contributed by atoms with Crippen LogP contribution < -0.4 is 0 Å². The van der Waals surface area contributed by atoms with Gasteiger partial charge in [0.2, 0.25) is 0 Å². The van der Waals surface area contributed by atoms with Gasteiger partial charge in [-0.15, -0.1) is 0 Å². The van der Waals surface area contributed by atoms with Crippen LogP contribution in [0.25, 0.3) is 0 Å². The van der Waals surface area contributed by atoms with Crippen LogP contribution in [0.5, 0.6) is 0 Å². The maximum absolute atomic E-state index is 12.7. The van der Waals surface area contributed by atoms with Crippen LogP contribution in [0.2, 0.25) is 0 Å². The number of ether oxygens (including phenoxy) is 2. The maximum atomic E-state index is 12.7. The molecule has 0 saturated carbocycles. The lowest BCUT2D eigenvalue weighted by molar-refractivity contribution is -0.870. The van der Waals surface area contributed by atoms with Gasteiger partial charge in [-0.3, -0.25) is 13.8 Å². The number of hydrogen-bond acceptors (Lipinski definition) is 6. The quantitative estimate of drug-likeness (QED) is 0.0215. The number of allylic oxidation sites excluding steroid dienone is 1. The van der Waals surface area contributed by atoms with Crippen molar-refractivity contribution in [3.63, 3.8) is 0 Å². The Bertz CT molecular complexity index is 925. The molecule has 0 aromatic heterocycles. The molecule has 0 fully saturated rings. The summed E-state index contributed by atoms with van der Waals surface area (Å²) in [6.45, 7) is 4.98. The molecule has 0 bridgehead atoms. The second-order valence-corrected chi connectivity index (χ2v) is 19.4. The van der Waals surface area contributed by atoms with Gasteiger partial charge in [0.1, 0.15) is 19.8 Å². The van der Waals surface area contributed by atoms with E-state index in [4.69, 9.17) is 18.5 Å². The molecule has 0 aromatic rings. The predicted octanol–water partition coefficient (Wildman–Crippen LogP) is 15.0. The molecular weight excluding hydrogens is 734 g/mol. The third-order valence-corrected chi connectivity index (χ3v) is 11.9. The molecule has 0 aliphatic heterocycles. The lowest BCUT2D eigenvalue weighted by Crippen LogP contribution is -2.37. The number of likely N-dealkylation sites (N-methyl/N-ethyl adjacent to an activating group) is 1. The first-order valence-corrected chi connectivity index (χ1v) is 26.0. The zero-order valence-electron chi connectivity index (χ0n) is 38.6. The molecule has 0 radical (unpaired) electrons.